The van der Waals surface area contributed by atoms with Gasteiger partial charge in [-0.15, -0.1) is 0 Å². The van der Waals surface area contributed by atoms with Gasteiger partial charge in [-0.2, -0.15) is 0 Å². The lowest BCUT2D eigenvalue weighted by atomic mass is 10.0. The summed E-state index contributed by atoms with van der Waals surface area (Å²) in [6.45, 7) is 8.12. The van der Waals surface area contributed by atoms with Crippen LogP contribution in [0.3, 0.4) is 0 Å². The topological polar surface area (TPSA) is 55.7 Å². The number of piperidine rings is 1. The quantitative estimate of drug-likeness (QED) is 0.638. The first kappa shape index (κ1) is 21.6. The average Bonchev–Trinajstić information content (AvgIpc) is 3.14. The number of carbonyl (C=O) groups excluding carboxylic acids is 1. The third kappa shape index (κ3) is 4.62. The molecule has 33 heavy (non-hydrogen) atoms. The Morgan fingerprint density at radius 2 is 1.70 bits per heavy atom. The fraction of sp³-hybridized carbons (Fsp3) is 0.370. The summed E-state index contributed by atoms with van der Waals surface area (Å²) in [6.07, 6.45) is 1.94. The summed E-state index contributed by atoms with van der Waals surface area (Å²) in [5.41, 5.74) is 5.00. The number of fused-ring (bicyclic) bond motifs is 1. The molecule has 6 nitrogen and oxygen atoms in total. The van der Waals surface area contributed by atoms with E-state index in [1.54, 1.807) is 0 Å². The molecule has 172 valence electrons. The smallest absolute Gasteiger partial charge is 0.253 e. The van der Waals surface area contributed by atoms with E-state index in [4.69, 9.17) is 9.47 Å². The first-order valence-electron chi connectivity index (χ1n) is 11.7. The number of aryl methyl sites for hydroxylation is 1. The SMILES string of the molecule is Cc1cc(C(=O)NC2CCN(Cc3ccccc3)CC2)c(C)n1-c1ccc2c(c1)OCCO2. The molecule has 3 aromatic rings. The van der Waals surface area contributed by atoms with Gasteiger partial charge in [-0.3, -0.25) is 9.69 Å². The van der Waals surface area contributed by atoms with Crippen LogP contribution in [0.4, 0.5) is 0 Å². The molecule has 0 unspecified atom stereocenters. The van der Waals surface area contributed by atoms with Gasteiger partial charge in [0.15, 0.2) is 11.5 Å². The van der Waals surface area contributed by atoms with Crippen LogP contribution in [0.2, 0.25) is 0 Å². The summed E-state index contributed by atoms with van der Waals surface area (Å²) in [6, 6.07) is 18.7. The van der Waals surface area contributed by atoms with Crippen LogP contribution in [0.15, 0.2) is 54.6 Å². The first-order chi connectivity index (χ1) is 16.1. The van der Waals surface area contributed by atoms with E-state index in [1.807, 2.05) is 38.1 Å². The minimum absolute atomic E-state index is 0.00778. The summed E-state index contributed by atoms with van der Waals surface area (Å²) >= 11 is 0. The van der Waals surface area contributed by atoms with Gasteiger partial charge in [-0.25, -0.2) is 0 Å². The summed E-state index contributed by atoms with van der Waals surface area (Å²) in [5.74, 6) is 1.52. The predicted octanol–water partition coefficient (Wildman–Crippen LogP) is 4.26. The van der Waals surface area contributed by atoms with E-state index in [-0.39, 0.29) is 11.9 Å². The average molecular weight is 446 g/mol. The van der Waals surface area contributed by atoms with Crippen LogP contribution in [0.5, 0.6) is 11.5 Å². The highest BCUT2D eigenvalue weighted by molar-refractivity contribution is 5.96. The number of ether oxygens (including phenoxy) is 2. The lowest BCUT2D eigenvalue weighted by Gasteiger charge is -2.32. The van der Waals surface area contributed by atoms with Crippen molar-refractivity contribution in [3.8, 4) is 17.2 Å². The zero-order chi connectivity index (χ0) is 22.8. The molecule has 1 fully saturated rings. The van der Waals surface area contributed by atoms with Crippen LogP contribution in [-0.4, -0.2) is 47.7 Å². The molecule has 1 amide bonds. The number of aromatic nitrogens is 1. The molecule has 0 radical (unpaired) electrons. The Kier molecular flexibility index (Phi) is 6.09. The number of carbonyl (C=O) groups is 1. The molecule has 1 saturated heterocycles. The number of hydrogen-bond donors (Lipinski definition) is 1. The highest BCUT2D eigenvalue weighted by atomic mass is 16.6. The van der Waals surface area contributed by atoms with E-state index in [1.165, 1.54) is 5.56 Å². The van der Waals surface area contributed by atoms with E-state index in [9.17, 15) is 4.79 Å². The third-order valence-corrected chi connectivity index (χ3v) is 6.63. The molecule has 2 aromatic carbocycles. The van der Waals surface area contributed by atoms with Crippen molar-refractivity contribution in [2.45, 2.75) is 39.3 Å². The maximum Gasteiger partial charge on any atom is 0.253 e. The molecular weight excluding hydrogens is 414 g/mol. The molecule has 1 aromatic heterocycles. The Bertz CT molecular complexity index is 1130. The Hall–Kier alpha value is -3.25. The molecule has 0 aliphatic carbocycles. The Labute approximate surface area is 195 Å². The van der Waals surface area contributed by atoms with E-state index < -0.39 is 0 Å². The van der Waals surface area contributed by atoms with Gasteiger partial charge in [-0.05, 0) is 50.5 Å². The number of amides is 1. The van der Waals surface area contributed by atoms with Crippen molar-refractivity contribution in [3.63, 3.8) is 0 Å². The van der Waals surface area contributed by atoms with Gasteiger partial charge >= 0.3 is 0 Å². The zero-order valence-corrected chi connectivity index (χ0v) is 19.3. The van der Waals surface area contributed by atoms with Gasteiger partial charge in [-0.1, -0.05) is 30.3 Å². The van der Waals surface area contributed by atoms with Crippen molar-refractivity contribution in [1.29, 1.82) is 0 Å². The minimum atomic E-state index is 0.00778. The van der Waals surface area contributed by atoms with Gasteiger partial charge in [0, 0.05) is 48.8 Å². The van der Waals surface area contributed by atoms with E-state index >= 15 is 0 Å². The highest BCUT2D eigenvalue weighted by Gasteiger charge is 2.24. The number of likely N-dealkylation sites (tertiary alicyclic amines) is 1. The number of hydrogen-bond acceptors (Lipinski definition) is 4. The fourth-order valence-corrected chi connectivity index (χ4v) is 4.90. The van der Waals surface area contributed by atoms with Crippen LogP contribution in [0, 0.1) is 13.8 Å². The molecule has 3 heterocycles. The number of rotatable bonds is 5. The van der Waals surface area contributed by atoms with Crippen molar-refractivity contribution >= 4 is 5.91 Å². The van der Waals surface area contributed by atoms with Crippen LogP contribution < -0.4 is 14.8 Å². The number of benzene rings is 2. The molecule has 0 atom stereocenters. The maximum atomic E-state index is 13.2. The minimum Gasteiger partial charge on any atom is -0.486 e. The van der Waals surface area contributed by atoms with Crippen molar-refractivity contribution in [2.75, 3.05) is 26.3 Å². The predicted molar refractivity (Wildman–Crippen MR) is 128 cm³/mol. The van der Waals surface area contributed by atoms with Gasteiger partial charge in [0.1, 0.15) is 13.2 Å². The van der Waals surface area contributed by atoms with Gasteiger partial charge < -0.3 is 19.4 Å². The lowest BCUT2D eigenvalue weighted by molar-refractivity contribution is 0.0908. The molecule has 2 aliphatic heterocycles. The maximum absolute atomic E-state index is 13.2. The monoisotopic (exact) mass is 445 g/mol. The summed E-state index contributed by atoms with van der Waals surface area (Å²) in [4.78, 5) is 15.6. The second-order valence-electron chi connectivity index (χ2n) is 8.96. The normalized spacial score (nSPS) is 16.5. The lowest BCUT2D eigenvalue weighted by Crippen LogP contribution is -2.44. The molecule has 0 bridgehead atoms. The fourth-order valence-electron chi connectivity index (χ4n) is 4.90. The van der Waals surface area contributed by atoms with Crippen molar-refractivity contribution in [1.82, 2.24) is 14.8 Å². The van der Waals surface area contributed by atoms with Gasteiger partial charge in [0.25, 0.3) is 5.91 Å². The van der Waals surface area contributed by atoms with Crippen LogP contribution in [0.1, 0.15) is 40.2 Å². The number of nitrogens with one attached hydrogen (secondary N) is 1. The van der Waals surface area contributed by atoms with Gasteiger partial charge in [0.2, 0.25) is 0 Å². The van der Waals surface area contributed by atoms with Crippen molar-refractivity contribution < 1.29 is 14.3 Å². The summed E-state index contributed by atoms with van der Waals surface area (Å²) in [7, 11) is 0. The molecule has 2 aliphatic rings. The molecule has 5 rings (SSSR count). The second-order valence-corrected chi connectivity index (χ2v) is 8.96. The molecule has 6 heteroatoms. The van der Waals surface area contributed by atoms with E-state index in [2.05, 4.69) is 45.1 Å². The Morgan fingerprint density at radius 1 is 0.970 bits per heavy atom. The number of nitrogens with zero attached hydrogens (tertiary/aromatic N) is 2. The Balaban J connectivity index is 1.24. The molecule has 1 N–H and O–H groups in total. The van der Waals surface area contributed by atoms with E-state index in [0.717, 1.165) is 66.6 Å². The first-order valence-corrected chi connectivity index (χ1v) is 11.7. The third-order valence-electron chi connectivity index (χ3n) is 6.63. The molecular formula is C27H31N3O3. The standard InChI is InChI=1S/C27H31N3O3/c1-19-16-24(20(2)30(19)23-8-9-25-26(17-23)33-15-14-32-25)27(31)28-22-10-12-29(13-11-22)18-21-6-4-3-5-7-21/h3-9,16-17,22H,10-15,18H2,1-2H3,(H,28,31). The van der Waals surface area contributed by atoms with Crippen molar-refractivity contribution in [2.24, 2.45) is 0 Å². The second kappa shape index (κ2) is 9.32. The molecule has 0 spiro atoms. The highest BCUT2D eigenvalue weighted by Crippen LogP contribution is 2.33. The Morgan fingerprint density at radius 3 is 2.45 bits per heavy atom. The van der Waals surface area contributed by atoms with Crippen LogP contribution >= 0.6 is 0 Å². The van der Waals surface area contributed by atoms with Crippen LogP contribution in [-0.2, 0) is 6.54 Å². The van der Waals surface area contributed by atoms with Gasteiger partial charge in [0.05, 0.1) is 5.56 Å². The largest absolute Gasteiger partial charge is 0.486 e. The summed E-state index contributed by atoms with van der Waals surface area (Å²) in [5, 5.41) is 3.28. The zero-order valence-electron chi connectivity index (χ0n) is 19.3. The van der Waals surface area contributed by atoms with Crippen LogP contribution in [0.25, 0.3) is 5.69 Å². The summed E-state index contributed by atoms with van der Waals surface area (Å²) < 4.78 is 13.5. The van der Waals surface area contributed by atoms with Crippen molar-refractivity contribution in [3.05, 3.63) is 77.1 Å². The molecule has 0 saturated carbocycles. The van der Waals surface area contributed by atoms with E-state index in [0.29, 0.717) is 13.2 Å².